The number of aryl methyl sites for hydroxylation is 2. The fourth-order valence-electron chi connectivity index (χ4n) is 2.24. The lowest BCUT2D eigenvalue weighted by Gasteiger charge is -2.20. The number of benzene rings is 1. The lowest BCUT2D eigenvalue weighted by Crippen LogP contribution is -2.20. The second-order valence-electron chi connectivity index (χ2n) is 4.55. The number of aldehydes is 1. The van der Waals surface area contributed by atoms with Crippen LogP contribution >= 0.6 is 11.6 Å². The van der Waals surface area contributed by atoms with Crippen LogP contribution in [0.2, 0.25) is 5.02 Å². The van der Waals surface area contributed by atoms with Gasteiger partial charge in [0, 0.05) is 25.7 Å². The summed E-state index contributed by atoms with van der Waals surface area (Å²) in [6.45, 7) is 2.50. The van der Waals surface area contributed by atoms with E-state index in [1.54, 1.807) is 4.68 Å². The number of aromatic nitrogens is 2. The molecular formula is C14H16ClN3O. The van der Waals surface area contributed by atoms with Crippen molar-refractivity contribution in [3.05, 3.63) is 46.1 Å². The number of nitrogens with zero attached hydrogens (tertiary/aromatic N) is 3. The lowest BCUT2D eigenvalue weighted by atomic mass is 10.2. The predicted molar refractivity (Wildman–Crippen MR) is 76.9 cm³/mol. The maximum atomic E-state index is 11.2. The molecule has 0 spiro atoms. The minimum atomic E-state index is 0.632. The van der Waals surface area contributed by atoms with Crippen LogP contribution in [-0.2, 0) is 13.6 Å². The monoisotopic (exact) mass is 277 g/mol. The molecule has 1 heterocycles. The number of carbonyl (C=O) groups is 1. The van der Waals surface area contributed by atoms with Gasteiger partial charge in [0.25, 0.3) is 0 Å². The third kappa shape index (κ3) is 2.79. The molecule has 100 valence electrons. The van der Waals surface area contributed by atoms with Gasteiger partial charge in [0.05, 0.1) is 11.3 Å². The summed E-state index contributed by atoms with van der Waals surface area (Å²) in [7, 11) is 3.77. The van der Waals surface area contributed by atoms with Gasteiger partial charge in [-0.1, -0.05) is 23.7 Å². The summed E-state index contributed by atoms with van der Waals surface area (Å²) in [6, 6.07) is 7.69. The molecule has 0 N–H and O–H groups in total. The van der Waals surface area contributed by atoms with Crippen molar-refractivity contribution in [2.75, 3.05) is 11.9 Å². The Morgan fingerprint density at radius 3 is 2.84 bits per heavy atom. The Balaban J connectivity index is 2.30. The average molecular weight is 278 g/mol. The second kappa shape index (κ2) is 5.45. The van der Waals surface area contributed by atoms with Gasteiger partial charge in [-0.15, -0.1) is 0 Å². The van der Waals surface area contributed by atoms with Crippen LogP contribution in [0.4, 0.5) is 5.82 Å². The van der Waals surface area contributed by atoms with Crippen molar-refractivity contribution in [1.29, 1.82) is 0 Å². The van der Waals surface area contributed by atoms with E-state index in [4.69, 9.17) is 11.6 Å². The summed E-state index contributed by atoms with van der Waals surface area (Å²) in [5.74, 6) is 0.812. The largest absolute Gasteiger partial charge is 0.355 e. The highest BCUT2D eigenvalue weighted by molar-refractivity contribution is 6.30. The topological polar surface area (TPSA) is 38.1 Å². The van der Waals surface area contributed by atoms with Gasteiger partial charge in [0.15, 0.2) is 6.29 Å². The standard InChI is InChI=1S/C14H16ClN3O/c1-10-13(9-19)14(18(3)16-10)17(2)8-11-5-4-6-12(15)7-11/h4-7,9H,8H2,1-3H3. The van der Waals surface area contributed by atoms with Crippen molar-refractivity contribution in [3.8, 4) is 0 Å². The molecule has 4 nitrogen and oxygen atoms in total. The number of hydrogen-bond donors (Lipinski definition) is 0. The number of hydrogen-bond acceptors (Lipinski definition) is 3. The molecule has 0 aliphatic heterocycles. The molecular weight excluding hydrogens is 262 g/mol. The highest BCUT2D eigenvalue weighted by atomic mass is 35.5. The Hall–Kier alpha value is -1.81. The highest BCUT2D eigenvalue weighted by Gasteiger charge is 2.16. The maximum absolute atomic E-state index is 11.2. The van der Waals surface area contributed by atoms with Crippen molar-refractivity contribution in [1.82, 2.24) is 9.78 Å². The molecule has 0 saturated heterocycles. The number of halogens is 1. The van der Waals surface area contributed by atoms with Crippen molar-refractivity contribution < 1.29 is 4.79 Å². The first-order valence-electron chi connectivity index (χ1n) is 5.97. The third-order valence-electron chi connectivity index (χ3n) is 3.03. The number of carbonyl (C=O) groups excluding carboxylic acids is 1. The molecule has 0 aliphatic carbocycles. The van der Waals surface area contributed by atoms with Crippen LogP contribution in [0.1, 0.15) is 21.6 Å². The van der Waals surface area contributed by atoms with Crippen LogP contribution in [0.3, 0.4) is 0 Å². The van der Waals surface area contributed by atoms with Crippen LogP contribution < -0.4 is 4.90 Å². The summed E-state index contributed by atoms with van der Waals surface area (Å²) in [5.41, 5.74) is 2.46. The Bertz CT molecular complexity index is 607. The van der Waals surface area contributed by atoms with E-state index in [0.29, 0.717) is 17.1 Å². The zero-order valence-electron chi connectivity index (χ0n) is 11.2. The minimum absolute atomic E-state index is 0.632. The quantitative estimate of drug-likeness (QED) is 0.807. The molecule has 0 atom stereocenters. The molecule has 1 aromatic heterocycles. The van der Waals surface area contributed by atoms with E-state index >= 15 is 0 Å². The molecule has 0 aliphatic rings. The van der Waals surface area contributed by atoms with E-state index in [-0.39, 0.29) is 0 Å². The minimum Gasteiger partial charge on any atom is -0.355 e. The molecule has 0 radical (unpaired) electrons. The molecule has 0 fully saturated rings. The second-order valence-corrected chi connectivity index (χ2v) is 4.99. The van der Waals surface area contributed by atoms with Crippen molar-refractivity contribution >= 4 is 23.7 Å². The smallest absolute Gasteiger partial charge is 0.155 e. The Labute approximate surface area is 117 Å². The van der Waals surface area contributed by atoms with E-state index in [1.807, 2.05) is 50.2 Å². The van der Waals surface area contributed by atoms with Gasteiger partial charge in [0.1, 0.15) is 5.82 Å². The highest BCUT2D eigenvalue weighted by Crippen LogP contribution is 2.22. The molecule has 19 heavy (non-hydrogen) atoms. The molecule has 0 unspecified atom stereocenters. The third-order valence-corrected chi connectivity index (χ3v) is 3.26. The van der Waals surface area contributed by atoms with E-state index < -0.39 is 0 Å². The summed E-state index contributed by atoms with van der Waals surface area (Å²) >= 11 is 5.98. The van der Waals surface area contributed by atoms with E-state index in [1.165, 1.54) is 0 Å². The van der Waals surface area contributed by atoms with E-state index in [2.05, 4.69) is 5.10 Å². The van der Waals surface area contributed by atoms with Gasteiger partial charge < -0.3 is 4.90 Å². The summed E-state index contributed by atoms with van der Waals surface area (Å²) in [6.07, 6.45) is 0.853. The van der Waals surface area contributed by atoms with Crippen LogP contribution in [0.5, 0.6) is 0 Å². The maximum Gasteiger partial charge on any atom is 0.155 e. The molecule has 2 aromatic rings. The molecule has 0 amide bonds. The molecule has 2 rings (SSSR count). The first kappa shape index (κ1) is 13.6. The van der Waals surface area contributed by atoms with Crippen molar-refractivity contribution in [3.63, 3.8) is 0 Å². The van der Waals surface area contributed by atoms with Gasteiger partial charge in [-0.25, -0.2) is 0 Å². The summed E-state index contributed by atoms with van der Waals surface area (Å²) in [4.78, 5) is 13.2. The fraction of sp³-hybridized carbons (Fsp3) is 0.286. The van der Waals surface area contributed by atoms with Crippen LogP contribution in [0.15, 0.2) is 24.3 Å². The molecule has 0 saturated carbocycles. The Kier molecular flexibility index (Phi) is 3.90. The van der Waals surface area contributed by atoms with Gasteiger partial charge in [-0.2, -0.15) is 5.10 Å². The van der Waals surface area contributed by atoms with Crippen molar-refractivity contribution in [2.24, 2.45) is 7.05 Å². The Morgan fingerprint density at radius 1 is 1.47 bits per heavy atom. The fourth-order valence-corrected chi connectivity index (χ4v) is 2.45. The molecule has 5 heteroatoms. The van der Waals surface area contributed by atoms with Crippen molar-refractivity contribution in [2.45, 2.75) is 13.5 Å². The zero-order chi connectivity index (χ0) is 14.0. The Morgan fingerprint density at radius 2 is 2.21 bits per heavy atom. The summed E-state index contributed by atoms with van der Waals surface area (Å²) in [5, 5.41) is 4.99. The molecule has 0 bridgehead atoms. The molecule has 1 aromatic carbocycles. The van der Waals surface area contributed by atoms with Crippen LogP contribution in [0, 0.1) is 6.92 Å². The number of rotatable bonds is 4. The lowest BCUT2D eigenvalue weighted by molar-refractivity contribution is 0.112. The normalized spacial score (nSPS) is 10.5. The SMILES string of the molecule is Cc1nn(C)c(N(C)Cc2cccc(Cl)c2)c1C=O. The van der Waals surface area contributed by atoms with Gasteiger partial charge in [-0.05, 0) is 24.6 Å². The van der Waals surface area contributed by atoms with Crippen LogP contribution in [-0.4, -0.2) is 23.1 Å². The average Bonchev–Trinajstić information content (AvgIpc) is 2.63. The number of anilines is 1. The van der Waals surface area contributed by atoms with Gasteiger partial charge in [0.2, 0.25) is 0 Å². The zero-order valence-corrected chi connectivity index (χ0v) is 12.0. The van der Waals surface area contributed by atoms with E-state index in [9.17, 15) is 4.79 Å². The first-order valence-corrected chi connectivity index (χ1v) is 6.35. The first-order chi connectivity index (χ1) is 9.02. The van der Waals surface area contributed by atoms with Gasteiger partial charge >= 0.3 is 0 Å². The van der Waals surface area contributed by atoms with E-state index in [0.717, 1.165) is 23.4 Å². The predicted octanol–water partition coefficient (Wildman–Crippen LogP) is 2.83. The van der Waals surface area contributed by atoms with Crippen LogP contribution in [0.25, 0.3) is 0 Å². The summed E-state index contributed by atoms with van der Waals surface area (Å²) < 4.78 is 1.73. The van der Waals surface area contributed by atoms with Gasteiger partial charge in [-0.3, -0.25) is 9.48 Å².